The molecule has 7 heteroatoms. The average Bonchev–Trinajstić information content (AvgIpc) is 2.78. The van der Waals surface area contributed by atoms with Crippen molar-refractivity contribution < 1.29 is 9.90 Å². The molecule has 0 saturated heterocycles. The van der Waals surface area contributed by atoms with Gasteiger partial charge in [-0.1, -0.05) is 12.1 Å². The molecule has 0 aliphatic carbocycles. The molecule has 100 valence electrons. The van der Waals surface area contributed by atoms with Crippen molar-refractivity contribution in [2.45, 2.75) is 0 Å². The van der Waals surface area contributed by atoms with Gasteiger partial charge in [-0.3, -0.25) is 0 Å². The van der Waals surface area contributed by atoms with Gasteiger partial charge in [0.1, 0.15) is 11.8 Å². The molecule has 2 heterocycles. The molecule has 0 aliphatic rings. The zero-order chi connectivity index (χ0) is 14.3. The topological polar surface area (TPSA) is 93.5 Å². The highest BCUT2D eigenvalue weighted by atomic mass is 79.9. The number of nitrogens with zero attached hydrogens (tertiary/aromatic N) is 3. The molecule has 0 amide bonds. The highest BCUT2D eigenvalue weighted by Crippen LogP contribution is 2.31. The van der Waals surface area contributed by atoms with Crippen molar-refractivity contribution >= 4 is 33.2 Å². The van der Waals surface area contributed by atoms with Crippen LogP contribution in [0.4, 0.5) is 5.82 Å². The first-order chi connectivity index (χ1) is 9.58. The summed E-state index contributed by atoms with van der Waals surface area (Å²) in [7, 11) is 0. The number of aromatic carboxylic acids is 1. The van der Waals surface area contributed by atoms with Crippen LogP contribution < -0.4 is 5.73 Å². The van der Waals surface area contributed by atoms with E-state index >= 15 is 0 Å². The first kappa shape index (κ1) is 12.6. The van der Waals surface area contributed by atoms with E-state index in [0.717, 1.165) is 15.7 Å². The zero-order valence-corrected chi connectivity index (χ0v) is 11.7. The summed E-state index contributed by atoms with van der Waals surface area (Å²) in [5.41, 5.74) is 8.18. The Bertz CT molecular complexity index is 828. The second kappa shape index (κ2) is 4.61. The molecule has 0 bridgehead atoms. The summed E-state index contributed by atoms with van der Waals surface area (Å²) in [6.45, 7) is 0. The number of halogens is 1. The normalized spacial score (nSPS) is 10.8. The summed E-state index contributed by atoms with van der Waals surface area (Å²) in [6.07, 6.45) is 1.36. The molecule has 3 aromatic rings. The summed E-state index contributed by atoms with van der Waals surface area (Å²) >= 11 is 3.42. The van der Waals surface area contributed by atoms with E-state index in [9.17, 15) is 4.79 Å². The number of carboxylic acid groups (broad SMARTS) is 1. The number of benzene rings is 1. The highest BCUT2D eigenvalue weighted by Gasteiger charge is 2.14. The molecule has 20 heavy (non-hydrogen) atoms. The minimum absolute atomic E-state index is 0.218. The monoisotopic (exact) mass is 332 g/mol. The first-order valence-corrected chi connectivity index (χ1v) is 6.48. The standard InChI is InChI=1S/C13H9BrN4O2/c14-9-5-10(18-11(9)12(15)16-6-17-18)7-2-1-3-8(4-7)13(19)20/h1-6H,(H,19,20)(H2,15,16,17). The predicted octanol–water partition coefficient (Wildman–Crippen LogP) is 2.44. The Labute approximate surface area is 122 Å². The molecule has 0 radical (unpaired) electrons. The van der Waals surface area contributed by atoms with Crippen LogP contribution in [0.3, 0.4) is 0 Å². The zero-order valence-electron chi connectivity index (χ0n) is 10.1. The van der Waals surface area contributed by atoms with E-state index in [1.807, 2.05) is 12.1 Å². The third kappa shape index (κ3) is 1.92. The van der Waals surface area contributed by atoms with Gasteiger partial charge in [-0.05, 0) is 34.1 Å². The maximum atomic E-state index is 11.0. The number of carboxylic acids is 1. The number of hydrogen-bond acceptors (Lipinski definition) is 4. The largest absolute Gasteiger partial charge is 0.478 e. The number of nitrogen functional groups attached to an aromatic ring is 1. The lowest BCUT2D eigenvalue weighted by Gasteiger charge is -2.03. The Morgan fingerprint density at radius 3 is 2.90 bits per heavy atom. The number of carbonyl (C=O) groups is 1. The van der Waals surface area contributed by atoms with Crippen molar-refractivity contribution in [3.63, 3.8) is 0 Å². The smallest absolute Gasteiger partial charge is 0.335 e. The van der Waals surface area contributed by atoms with Crippen molar-refractivity contribution in [3.8, 4) is 11.3 Å². The van der Waals surface area contributed by atoms with E-state index in [2.05, 4.69) is 26.0 Å². The summed E-state index contributed by atoms with van der Waals surface area (Å²) in [4.78, 5) is 15.0. The maximum absolute atomic E-state index is 11.0. The van der Waals surface area contributed by atoms with E-state index < -0.39 is 5.97 Å². The van der Waals surface area contributed by atoms with E-state index in [1.54, 1.807) is 22.7 Å². The Morgan fingerprint density at radius 2 is 2.15 bits per heavy atom. The molecule has 1 aromatic carbocycles. The van der Waals surface area contributed by atoms with Crippen LogP contribution in [0.25, 0.3) is 16.8 Å². The van der Waals surface area contributed by atoms with Gasteiger partial charge in [0.25, 0.3) is 0 Å². The minimum Gasteiger partial charge on any atom is -0.478 e. The molecule has 0 fully saturated rings. The summed E-state index contributed by atoms with van der Waals surface area (Å²) < 4.78 is 2.39. The quantitative estimate of drug-likeness (QED) is 0.751. The van der Waals surface area contributed by atoms with Crippen LogP contribution in [-0.2, 0) is 0 Å². The molecule has 0 atom stereocenters. The SMILES string of the molecule is Nc1ncnn2c(-c3cccc(C(=O)O)c3)cc(Br)c12. The number of hydrogen-bond donors (Lipinski definition) is 2. The fourth-order valence-corrected chi connectivity index (χ4v) is 2.63. The van der Waals surface area contributed by atoms with Gasteiger partial charge in [-0.15, -0.1) is 0 Å². The third-order valence-corrected chi connectivity index (χ3v) is 3.55. The van der Waals surface area contributed by atoms with Crippen LogP contribution in [-0.4, -0.2) is 25.7 Å². The fraction of sp³-hybridized carbons (Fsp3) is 0. The first-order valence-electron chi connectivity index (χ1n) is 5.69. The van der Waals surface area contributed by atoms with Crippen molar-refractivity contribution in [3.05, 3.63) is 46.7 Å². The molecule has 3 N–H and O–H groups in total. The Kier molecular flexibility index (Phi) is 2.90. The van der Waals surface area contributed by atoms with Gasteiger partial charge in [0.2, 0.25) is 0 Å². The number of rotatable bonds is 2. The molecule has 0 saturated carbocycles. The molecule has 0 unspecified atom stereocenters. The van der Waals surface area contributed by atoms with Crippen molar-refractivity contribution in [1.29, 1.82) is 0 Å². The van der Waals surface area contributed by atoms with Gasteiger partial charge in [-0.25, -0.2) is 14.3 Å². The molecule has 0 aliphatic heterocycles. The van der Waals surface area contributed by atoms with Crippen LogP contribution >= 0.6 is 15.9 Å². The lowest BCUT2D eigenvalue weighted by molar-refractivity contribution is 0.0697. The van der Waals surface area contributed by atoms with Crippen LogP contribution in [0.1, 0.15) is 10.4 Å². The van der Waals surface area contributed by atoms with E-state index in [1.165, 1.54) is 6.33 Å². The highest BCUT2D eigenvalue weighted by molar-refractivity contribution is 9.10. The number of fused-ring (bicyclic) bond motifs is 1. The average molecular weight is 333 g/mol. The summed E-state index contributed by atoms with van der Waals surface area (Å²) in [5, 5.41) is 13.2. The number of anilines is 1. The lowest BCUT2D eigenvalue weighted by Crippen LogP contribution is -2.01. The Balaban J connectivity index is 2.28. The van der Waals surface area contributed by atoms with Crippen molar-refractivity contribution in [1.82, 2.24) is 14.6 Å². The molecular formula is C13H9BrN4O2. The van der Waals surface area contributed by atoms with Crippen LogP contribution in [0.5, 0.6) is 0 Å². The van der Waals surface area contributed by atoms with Gasteiger partial charge in [0.15, 0.2) is 5.82 Å². The van der Waals surface area contributed by atoms with E-state index in [-0.39, 0.29) is 5.56 Å². The summed E-state index contributed by atoms with van der Waals surface area (Å²) in [5.74, 6) is -0.617. The van der Waals surface area contributed by atoms with Gasteiger partial charge >= 0.3 is 5.97 Å². The summed E-state index contributed by atoms with van der Waals surface area (Å²) in [6, 6.07) is 8.48. The maximum Gasteiger partial charge on any atom is 0.335 e. The van der Waals surface area contributed by atoms with E-state index in [4.69, 9.17) is 10.8 Å². The molecule has 2 aromatic heterocycles. The van der Waals surface area contributed by atoms with Gasteiger partial charge in [0.05, 0.1) is 11.3 Å². The fourth-order valence-electron chi connectivity index (χ4n) is 2.04. The molecule has 3 rings (SSSR count). The second-order valence-electron chi connectivity index (χ2n) is 4.17. The molecule has 6 nitrogen and oxygen atoms in total. The van der Waals surface area contributed by atoms with Crippen LogP contribution in [0, 0.1) is 0 Å². The van der Waals surface area contributed by atoms with Gasteiger partial charge < -0.3 is 10.8 Å². The Morgan fingerprint density at radius 1 is 1.35 bits per heavy atom. The predicted molar refractivity (Wildman–Crippen MR) is 77.5 cm³/mol. The van der Waals surface area contributed by atoms with Crippen molar-refractivity contribution in [2.24, 2.45) is 0 Å². The number of aromatic nitrogens is 3. The van der Waals surface area contributed by atoms with Gasteiger partial charge in [0, 0.05) is 10.0 Å². The lowest BCUT2D eigenvalue weighted by atomic mass is 10.1. The Hall–Kier alpha value is -2.41. The second-order valence-corrected chi connectivity index (χ2v) is 5.02. The number of nitrogens with two attached hydrogens (primary N) is 1. The minimum atomic E-state index is -0.971. The van der Waals surface area contributed by atoms with Crippen LogP contribution in [0.2, 0.25) is 0 Å². The molecule has 0 spiro atoms. The molecular weight excluding hydrogens is 324 g/mol. The van der Waals surface area contributed by atoms with Gasteiger partial charge in [-0.2, -0.15) is 5.10 Å². The van der Waals surface area contributed by atoms with E-state index in [0.29, 0.717) is 11.3 Å². The third-order valence-electron chi connectivity index (χ3n) is 2.94. The van der Waals surface area contributed by atoms with Crippen molar-refractivity contribution in [2.75, 3.05) is 5.73 Å². The van der Waals surface area contributed by atoms with Crippen LogP contribution in [0.15, 0.2) is 41.1 Å².